The molecule has 1 amide bonds. The smallest absolute Gasteiger partial charge is 0.328 e. The second kappa shape index (κ2) is 9.38. The number of benzene rings is 1. The van der Waals surface area contributed by atoms with Crippen LogP contribution in [-0.2, 0) is 16.6 Å². The molecule has 0 saturated carbocycles. The van der Waals surface area contributed by atoms with Gasteiger partial charge in [0.15, 0.2) is 0 Å². The average molecular weight is 497 g/mol. The van der Waals surface area contributed by atoms with Gasteiger partial charge >= 0.3 is 5.69 Å². The number of nitrogens with zero attached hydrogens (tertiary/aromatic N) is 3. The normalized spacial score (nSPS) is 11.3. The van der Waals surface area contributed by atoms with Crippen LogP contribution in [0.15, 0.2) is 73.9 Å². The summed E-state index contributed by atoms with van der Waals surface area (Å²) < 4.78 is 33.4. The lowest BCUT2D eigenvalue weighted by Crippen LogP contribution is -2.39. The Morgan fingerprint density at radius 1 is 1.11 bits per heavy atom. The first kappa shape index (κ1) is 23.6. The number of amides is 1. The van der Waals surface area contributed by atoms with E-state index in [-0.39, 0.29) is 28.6 Å². The highest BCUT2D eigenvalue weighted by atomic mass is 32.2. The molecule has 35 heavy (non-hydrogen) atoms. The summed E-state index contributed by atoms with van der Waals surface area (Å²) in [7, 11) is -3.96. The monoisotopic (exact) mass is 496 g/mol. The predicted octanol–water partition coefficient (Wildman–Crippen LogP) is 1.64. The summed E-state index contributed by atoms with van der Waals surface area (Å²) in [5.74, 6) is -0.762. The minimum atomic E-state index is -3.96. The molecule has 3 aromatic heterocycles. The highest BCUT2D eigenvalue weighted by molar-refractivity contribution is 7.92. The van der Waals surface area contributed by atoms with Gasteiger partial charge in [0.2, 0.25) is 5.88 Å². The van der Waals surface area contributed by atoms with Crippen molar-refractivity contribution in [2.24, 2.45) is 0 Å². The first-order valence-corrected chi connectivity index (χ1v) is 11.7. The van der Waals surface area contributed by atoms with Crippen molar-refractivity contribution in [3.05, 3.63) is 98.2 Å². The first-order chi connectivity index (χ1) is 16.7. The lowest BCUT2D eigenvalue weighted by Gasteiger charge is -2.09. The molecule has 0 atom stereocenters. The molecule has 0 aliphatic rings. The highest BCUT2D eigenvalue weighted by Gasteiger charge is 2.20. The maximum atomic E-state index is 12.8. The fourth-order valence-electron chi connectivity index (χ4n) is 3.08. The van der Waals surface area contributed by atoms with Crippen LogP contribution in [0, 0.1) is 13.8 Å². The number of anilines is 2. The Labute approximate surface area is 198 Å². The first-order valence-electron chi connectivity index (χ1n) is 10.3. The van der Waals surface area contributed by atoms with E-state index in [9.17, 15) is 22.8 Å². The van der Waals surface area contributed by atoms with E-state index in [2.05, 4.69) is 25.2 Å². The Bertz CT molecular complexity index is 1600. The third kappa shape index (κ3) is 5.04. The maximum absolute atomic E-state index is 12.8. The molecule has 0 aliphatic heterocycles. The van der Waals surface area contributed by atoms with Gasteiger partial charge in [-0.05, 0) is 50.2 Å². The predicted molar refractivity (Wildman–Crippen MR) is 126 cm³/mol. The molecule has 4 aromatic rings. The number of nitrogens with one attached hydrogen (secondary N) is 3. The van der Waals surface area contributed by atoms with Crippen molar-refractivity contribution in [2.75, 3.05) is 10.0 Å². The number of carbonyl (C=O) groups is 1. The van der Waals surface area contributed by atoms with Gasteiger partial charge in [0.1, 0.15) is 5.56 Å². The molecule has 1 aromatic carbocycles. The molecule has 3 heterocycles. The zero-order chi connectivity index (χ0) is 25.2. The SMILES string of the molecule is Cc1noc(NS(=O)(=O)c2ccc(NC(=O)c3c[nH]c(=O)n(Cc4ccccn4)c3=O)cc2)c1C. The molecule has 180 valence electrons. The third-order valence-electron chi connectivity index (χ3n) is 5.16. The number of pyridine rings is 1. The molecule has 0 bridgehead atoms. The van der Waals surface area contributed by atoms with Gasteiger partial charge in [0.05, 0.1) is 22.8 Å². The number of hydrogen-bond acceptors (Lipinski definition) is 8. The Morgan fingerprint density at radius 2 is 1.86 bits per heavy atom. The van der Waals surface area contributed by atoms with Gasteiger partial charge in [-0.25, -0.2) is 17.9 Å². The summed E-state index contributed by atoms with van der Waals surface area (Å²) in [4.78, 5) is 44.0. The summed E-state index contributed by atoms with van der Waals surface area (Å²) in [5.41, 5.74) is 0.0555. The van der Waals surface area contributed by atoms with E-state index < -0.39 is 27.2 Å². The molecule has 4 rings (SSSR count). The molecule has 0 fully saturated rings. The third-order valence-corrected chi connectivity index (χ3v) is 6.51. The van der Waals surface area contributed by atoms with Crippen molar-refractivity contribution >= 4 is 27.5 Å². The minimum absolute atomic E-state index is 0.0138. The van der Waals surface area contributed by atoms with Crippen LogP contribution in [-0.4, -0.2) is 34.0 Å². The second-order valence-electron chi connectivity index (χ2n) is 7.53. The van der Waals surface area contributed by atoms with E-state index >= 15 is 0 Å². The average Bonchev–Trinajstić information content (AvgIpc) is 3.14. The summed E-state index contributed by atoms with van der Waals surface area (Å²) in [6, 6.07) is 10.3. The number of hydrogen-bond donors (Lipinski definition) is 3. The number of aromatic nitrogens is 4. The summed E-state index contributed by atoms with van der Waals surface area (Å²) in [5, 5.41) is 6.23. The molecule has 0 radical (unpaired) electrons. The van der Waals surface area contributed by atoms with Crippen LogP contribution in [0.5, 0.6) is 0 Å². The van der Waals surface area contributed by atoms with Crippen LogP contribution in [0.1, 0.15) is 27.3 Å². The van der Waals surface area contributed by atoms with Gasteiger partial charge in [-0.2, -0.15) is 0 Å². The molecule has 0 aliphatic carbocycles. The summed E-state index contributed by atoms with van der Waals surface area (Å²) >= 11 is 0. The van der Waals surface area contributed by atoms with Crippen molar-refractivity contribution in [1.29, 1.82) is 0 Å². The molecular formula is C22H20N6O6S. The Hall–Kier alpha value is -4.52. The van der Waals surface area contributed by atoms with E-state index in [1.165, 1.54) is 30.5 Å². The van der Waals surface area contributed by atoms with Crippen molar-refractivity contribution in [1.82, 2.24) is 19.7 Å². The van der Waals surface area contributed by atoms with E-state index in [0.29, 0.717) is 17.0 Å². The zero-order valence-electron chi connectivity index (χ0n) is 18.6. The number of aryl methyl sites for hydroxylation is 1. The van der Waals surface area contributed by atoms with Crippen LogP contribution in [0.3, 0.4) is 0 Å². The van der Waals surface area contributed by atoms with E-state index in [1.807, 2.05) is 0 Å². The molecule has 0 unspecified atom stereocenters. The fraction of sp³-hybridized carbons (Fsp3) is 0.136. The van der Waals surface area contributed by atoms with Crippen molar-refractivity contribution in [3.63, 3.8) is 0 Å². The molecule has 13 heteroatoms. The van der Waals surface area contributed by atoms with Crippen LogP contribution in [0.4, 0.5) is 11.6 Å². The number of sulfonamides is 1. The van der Waals surface area contributed by atoms with E-state index in [1.54, 1.807) is 32.0 Å². The zero-order valence-corrected chi connectivity index (χ0v) is 19.4. The Balaban J connectivity index is 1.52. The number of carbonyl (C=O) groups excluding carboxylic acids is 1. The van der Waals surface area contributed by atoms with Crippen LogP contribution < -0.4 is 21.3 Å². The van der Waals surface area contributed by atoms with Crippen LogP contribution in [0.2, 0.25) is 0 Å². The molecule has 0 spiro atoms. The van der Waals surface area contributed by atoms with Crippen LogP contribution in [0.25, 0.3) is 0 Å². The van der Waals surface area contributed by atoms with Gasteiger partial charge in [-0.15, -0.1) is 0 Å². The Kier molecular flexibility index (Phi) is 6.34. The van der Waals surface area contributed by atoms with Gasteiger partial charge in [-0.3, -0.25) is 19.1 Å². The molecular weight excluding hydrogens is 476 g/mol. The molecule has 0 saturated heterocycles. The lowest BCUT2D eigenvalue weighted by atomic mass is 10.2. The van der Waals surface area contributed by atoms with Crippen molar-refractivity contribution in [2.45, 2.75) is 25.3 Å². The van der Waals surface area contributed by atoms with E-state index in [0.717, 1.165) is 10.8 Å². The van der Waals surface area contributed by atoms with Gasteiger partial charge in [-0.1, -0.05) is 11.2 Å². The largest absolute Gasteiger partial charge is 0.337 e. The van der Waals surface area contributed by atoms with Crippen molar-refractivity contribution < 1.29 is 17.7 Å². The highest BCUT2D eigenvalue weighted by Crippen LogP contribution is 2.22. The second-order valence-corrected chi connectivity index (χ2v) is 9.21. The quantitative estimate of drug-likeness (QED) is 0.347. The number of rotatable bonds is 7. The standard InChI is InChI=1S/C22H20N6O6S/c1-13-14(2)26-34-20(13)27-35(32,33)17-8-6-15(7-9-17)25-19(29)18-11-24-22(31)28(21(18)30)12-16-5-3-4-10-23-16/h3-11,27H,12H2,1-2H3,(H,24,31)(H,25,29). The summed E-state index contributed by atoms with van der Waals surface area (Å²) in [6.45, 7) is 3.24. The van der Waals surface area contributed by atoms with Gasteiger partial charge in [0.25, 0.3) is 21.5 Å². The fourth-order valence-corrected chi connectivity index (χ4v) is 4.13. The summed E-state index contributed by atoms with van der Waals surface area (Å²) in [6.07, 6.45) is 2.55. The topological polar surface area (TPSA) is 169 Å². The molecule has 3 N–H and O–H groups in total. The molecule has 12 nitrogen and oxygen atoms in total. The maximum Gasteiger partial charge on any atom is 0.328 e. The van der Waals surface area contributed by atoms with E-state index in [4.69, 9.17) is 4.52 Å². The van der Waals surface area contributed by atoms with Gasteiger partial charge in [0, 0.05) is 23.6 Å². The number of H-pyrrole nitrogens is 1. The van der Waals surface area contributed by atoms with Gasteiger partial charge < -0.3 is 14.8 Å². The number of aromatic amines is 1. The van der Waals surface area contributed by atoms with Crippen LogP contribution >= 0.6 is 0 Å². The Morgan fingerprint density at radius 3 is 2.49 bits per heavy atom. The minimum Gasteiger partial charge on any atom is -0.337 e. The lowest BCUT2D eigenvalue weighted by molar-refractivity contribution is 0.102. The van der Waals surface area contributed by atoms with Crippen molar-refractivity contribution in [3.8, 4) is 0 Å².